The molecule has 1 N–H and O–H groups in total. The highest BCUT2D eigenvalue weighted by Crippen LogP contribution is 2.43. The highest BCUT2D eigenvalue weighted by atomic mass is 16.7. The van der Waals surface area contributed by atoms with Gasteiger partial charge < -0.3 is 24.4 Å². The lowest BCUT2D eigenvalue weighted by molar-refractivity contribution is -0.159. The molecule has 0 aromatic heterocycles. The molecule has 0 spiro atoms. The number of rotatable bonds is 3. The zero-order valence-corrected chi connectivity index (χ0v) is 19.5. The molecule has 7 heteroatoms. The summed E-state index contributed by atoms with van der Waals surface area (Å²) < 4.78 is 10.7. The molecule has 0 radical (unpaired) electrons. The van der Waals surface area contributed by atoms with Crippen LogP contribution in [0.25, 0.3) is 0 Å². The lowest BCUT2D eigenvalue weighted by Gasteiger charge is -2.58. The minimum absolute atomic E-state index is 0.0129. The summed E-state index contributed by atoms with van der Waals surface area (Å²) in [5.74, 6) is 7.02. The van der Waals surface area contributed by atoms with Crippen molar-refractivity contribution in [1.29, 1.82) is 0 Å². The van der Waals surface area contributed by atoms with Gasteiger partial charge in [-0.3, -0.25) is 9.59 Å². The second-order valence-electron chi connectivity index (χ2n) is 9.14. The van der Waals surface area contributed by atoms with Crippen LogP contribution in [0.4, 0.5) is 0 Å². The molecular weight excluding hydrogens is 456 g/mol. The predicted molar refractivity (Wildman–Crippen MR) is 132 cm³/mol. The lowest BCUT2D eigenvalue weighted by atomic mass is 9.73. The van der Waals surface area contributed by atoms with Gasteiger partial charge in [0.15, 0.2) is 11.5 Å². The summed E-state index contributed by atoms with van der Waals surface area (Å²) in [6.07, 6.45) is 0. The van der Waals surface area contributed by atoms with Crippen LogP contribution >= 0.6 is 0 Å². The molecule has 0 unspecified atom stereocenters. The van der Waals surface area contributed by atoms with Gasteiger partial charge in [0, 0.05) is 29.2 Å². The van der Waals surface area contributed by atoms with E-state index in [0.29, 0.717) is 23.6 Å². The molecule has 3 atom stereocenters. The second-order valence-corrected chi connectivity index (χ2v) is 9.14. The fraction of sp³-hybridized carbons (Fsp3) is 0.241. The van der Waals surface area contributed by atoms with E-state index in [2.05, 4.69) is 11.8 Å². The van der Waals surface area contributed by atoms with Crippen molar-refractivity contribution >= 4 is 11.8 Å². The molecule has 6 rings (SSSR count). The molecule has 3 aromatic carbocycles. The van der Waals surface area contributed by atoms with Gasteiger partial charge in [-0.1, -0.05) is 42.2 Å². The largest absolute Gasteiger partial charge is 0.454 e. The molecule has 0 aliphatic carbocycles. The minimum Gasteiger partial charge on any atom is -0.454 e. The fourth-order valence-electron chi connectivity index (χ4n) is 5.32. The third-order valence-electron chi connectivity index (χ3n) is 7.08. The van der Waals surface area contributed by atoms with Crippen LogP contribution in [0.15, 0.2) is 72.8 Å². The summed E-state index contributed by atoms with van der Waals surface area (Å²) in [4.78, 5) is 29.5. The van der Waals surface area contributed by atoms with E-state index >= 15 is 0 Å². The molecule has 2 saturated heterocycles. The van der Waals surface area contributed by atoms with Gasteiger partial charge in [0.2, 0.25) is 12.7 Å². The van der Waals surface area contributed by atoms with Crippen LogP contribution in [-0.2, 0) is 4.79 Å². The molecule has 3 aliphatic rings. The lowest BCUT2D eigenvalue weighted by Crippen LogP contribution is -2.73. The van der Waals surface area contributed by atoms with Crippen LogP contribution in [0.1, 0.15) is 33.0 Å². The van der Waals surface area contributed by atoms with Gasteiger partial charge in [-0.25, -0.2) is 0 Å². The Balaban J connectivity index is 1.21. The van der Waals surface area contributed by atoms with Crippen molar-refractivity contribution in [3.8, 4) is 23.3 Å². The standard InChI is InChI=1S/C29H24N2O5/c32-17-24-28(21-10-8-20(9-11-21)7-6-19-4-2-1-3-5-19)23-15-30(16-27(33)31(23)24)29(34)22-12-13-25-26(14-22)36-18-35-25/h1-5,8-14,23-24,28,32H,15-18H2/t23-,24-,28+/m0/s1. The van der Waals surface area contributed by atoms with Gasteiger partial charge in [-0.2, -0.15) is 0 Å². The van der Waals surface area contributed by atoms with Gasteiger partial charge in [-0.15, -0.1) is 0 Å². The zero-order chi connectivity index (χ0) is 24.6. The number of nitrogens with zero attached hydrogens (tertiary/aromatic N) is 2. The summed E-state index contributed by atoms with van der Waals surface area (Å²) in [5, 5.41) is 10.1. The summed E-state index contributed by atoms with van der Waals surface area (Å²) in [6, 6.07) is 22.3. The van der Waals surface area contributed by atoms with E-state index in [9.17, 15) is 14.7 Å². The maximum Gasteiger partial charge on any atom is 0.254 e. The highest BCUT2D eigenvalue weighted by molar-refractivity contribution is 5.98. The molecule has 2 fully saturated rings. The number of aliphatic hydroxyl groups is 1. The van der Waals surface area contributed by atoms with Crippen molar-refractivity contribution in [2.24, 2.45) is 0 Å². The molecule has 0 bridgehead atoms. The SMILES string of the molecule is O=C(c1ccc2c(c1)OCO2)N1CC(=O)N2[C@@H](CO)[C@H](c3ccc(C#Cc4ccccc4)cc3)[C@@H]2C1. The third kappa shape index (κ3) is 3.86. The van der Waals surface area contributed by atoms with Crippen molar-refractivity contribution in [1.82, 2.24) is 9.80 Å². The average Bonchev–Trinajstić information content (AvgIpc) is 3.37. The van der Waals surface area contributed by atoms with Crippen LogP contribution in [0.3, 0.4) is 0 Å². The number of hydrogen-bond acceptors (Lipinski definition) is 5. The Morgan fingerprint density at radius 2 is 1.67 bits per heavy atom. The van der Waals surface area contributed by atoms with Gasteiger partial charge in [-0.05, 0) is 48.0 Å². The number of benzene rings is 3. The minimum atomic E-state index is -0.299. The third-order valence-corrected chi connectivity index (χ3v) is 7.08. The van der Waals surface area contributed by atoms with E-state index in [1.54, 1.807) is 28.0 Å². The molecular formula is C29H24N2O5. The number of ether oxygens (including phenoxy) is 2. The Morgan fingerprint density at radius 3 is 2.42 bits per heavy atom. The molecule has 180 valence electrons. The highest BCUT2D eigenvalue weighted by Gasteiger charge is 2.54. The van der Waals surface area contributed by atoms with Crippen LogP contribution in [0.2, 0.25) is 0 Å². The summed E-state index contributed by atoms with van der Waals surface area (Å²) in [5.41, 5.74) is 3.31. The molecule has 3 heterocycles. The Hall–Kier alpha value is -4.28. The van der Waals surface area contributed by atoms with Crippen molar-refractivity contribution in [3.05, 3.63) is 95.1 Å². The quantitative estimate of drug-likeness (QED) is 0.583. The maximum atomic E-state index is 13.2. The van der Waals surface area contributed by atoms with Crippen LogP contribution < -0.4 is 9.47 Å². The second kappa shape index (κ2) is 9.06. The Kier molecular flexibility index (Phi) is 5.59. The number of amides is 2. The first-order valence-corrected chi connectivity index (χ1v) is 11.9. The number of carbonyl (C=O) groups is 2. The van der Waals surface area contributed by atoms with Gasteiger partial charge in [0.1, 0.15) is 6.54 Å². The van der Waals surface area contributed by atoms with E-state index in [1.165, 1.54) is 0 Å². The number of carbonyl (C=O) groups excluding carboxylic acids is 2. The van der Waals surface area contributed by atoms with Crippen molar-refractivity contribution in [2.45, 2.75) is 18.0 Å². The van der Waals surface area contributed by atoms with E-state index < -0.39 is 0 Å². The summed E-state index contributed by atoms with van der Waals surface area (Å²) in [6.45, 7) is 0.391. The Bertz CT molecular complexity index is 1380. The molecule has 0 saturated carbocycles. The smallest absolute Gasteiger partial charge is 0.254 e. The number of fused-ring (bicyclic) bond motifs is 2. The van der Waals surface area contributed by atoms with Crippen molar-refractivity contribution < 1.29 is 24.2 Å². The molecule has 2 amide bonds. The molecule has 3 aromatic rings. The van der Waals surface area contributed by atoms with Gasteiger partial charge >= 0.3 is 0 Å². The molecule has 36 heavy (non-hydrogen) atoms. The van der Waals surface area contributed by atoms with E-state index in [1.807, 2.05) is 54.6 Å². The normalized spacial score (nSPS) is 21.8. The maximum absolute atomic E-state index is 13.2. The first-order chi connectivity index (χ1) is 17.6. The van der Waals surface area contributed by atoms with Crippen LogP contribution in [0.5, 0.6) is 11.5 Å². The number of hydrogen-bond donors (Lipinski definition) is 1. The average molecular weight is 481 g/mol. The molecule has 7 nitrogen and oxygen atoms in total. The zero-order valence-electron chi connectivity index (χ0n) is 19.5. The Morgan fingerprint density at radius 1 is 0.944 bits per heavy atom. The first kappa shape index (κ1) is 22.2. The molecule has 3 aliphatic heterocycles. The van der Waals surface area contributed by atoms with Crippen LogP contribution in [-0.4, -0.2) is 65.3 Å². The Labute approximate surface area is 208 Å². The van der Waals surface area contributed by atoms with Crippen molar-refractivity contribution in [2.75, 3.05) is 26.5 Å². The van der Waals surface area contributed by atoms with Crippen LogP contribution in [0, 0.1) is 11.8 Å². The van der Waals surface area contributed by atoms with Gasteiger partial charge in [0.25, 0.3) is 5.91 Å². The summed E-state index contributed by atoms with van der Waals surface area (Å²) >= 11 is 0. The number of aliphatic hydroxyl groups excluding tert-OH is 1. The van der Waals surface area contributed by atoms with E-state index in [0.717, 1.165) is 16.7 Å². The van der Waals surface area contributed by atoms with E-state index in [4.69, 9.17) is 9.47 Å². The summed E-state index contributed by atoms with van der Waals surface area (Å²) in [7, 11) is 0. The first-order valence-electron chi connectivity index (χ1n) is 11.9. The number of piperazine rings is 1. The topological polar surface area (TPSA) is 79.3 Å². The van der Waals surface area contributed by atoms with Crippen molar-refractivity contribution in [3.63, 3.8) is 0 Å². The predicted octanol–water partition coefficient (Wildman–Crippen LogP) is 2.63. The fourth-order valence-corrected chi connectivity index (χ4v) is 5.32. The monoisotopic (exact) mass is 480 g/mol. The van der Waals surface area contributed by atoms with E-state index in [-0.39, 0.29) is 49.8 Å². The van der Waals surface area contributed by atoms with Gasteiger partial charge in [0.05, 0.1) is 18.7 Å².